The van der Waals surface area contributed by atoms with Gasteiger partial charge in [0.15, 0.2) is 0 Å². The molecule has 0 spiro atoms. The molecule has 0 aromatic heterocycles. The molecule has 1 heterocycles. The first-order valence-electron chi connectivity index (χ1n) is 3.46. The highest BCUT2D eigenvalue weighted by molar-refractivity contribution is 6.38. The molecule has 0 aliphatic carbocycles. The van der Waals surface area contributed by atoms with E-state index in [0.29, 0.717) is 22.6 Å². The molecule has 1 fully saturated rings. The van der Waals surface area contributed by atoms with Crippen LogP contribution in [0, 0.1) is 0 Å². The maximum atomic E-state index is 2.56. The van der Waals surface area contributed by atoms with Crippen LogP contribution in [0.3, 0.4) is 0 Å². The molecule has 0 aromatic carbocycles. The van der Waals surface area contributed by atoms with Crippen LogP contribution < -0.4 is 15.4 Å². The summed E-state index contributed by atoms with van der Waals surface area (Å²) in [6.07, 6.45) is 0. The summed E-state index contributed by atoms with van der Waals surface area (Å²) in [5, 5.41) is 7.69. The van der Waals surface area contributed by atoms with Crippen LogP contribution in [-0.2, 0) is 0 Å². The Bertz CT molecular complexity index is 21.5. The van der Waals surface area contributed by atoms with Crippen LogP contribution in [0.25, 0.3) is 0 Å². The highest BCUT2D eigenvalue weighted by atomic mass is 15.0. The second-order valence-corrected chi connectivity index (χ2v) is 2.73. The van der Waals surface area contributed by atoms with Gasteiger partial charge in [-0.1, -0.05) is 0 Å². The van der Waals surface area contributed by atoms with Gasteiger partial charge in [-0.25, -0.2) is 0 Å². The molecule has 1 saturated heterocycles. The Morgan fingerprint density at radius 2 is 1.00 bits per heavy atom. The molecule has 0 bridgehead atoms. The summed E-state index contributed by atoms with van der Waals surface area (Å²) in [6, 6.07) is 0. The molecule has 36 valence electrons. The van der Waals surface area contributed by atoms with Crippen molar-refractivity contribution in [3.63, 3.8) is 0 Å². The van der Waals surface area contributed by atoms with E-state index in [1.165, 1.54) is 0 Å². The summed E-state index contributed by atoms with van der Waals surface area (Å²) in [5.41, 5.74) is 0. The Morgan fingerprint density at radius 3 is 1.17 bits per heavy atom. The van der Waals surface area contributed by atoms with Gasteiger partial charge in [-0.15, -0.1) is 0 Å². The average molecular weight is 86.6 g/mol. The Kier molecular flexibility index (Phi) is 1.61. The van der Waals surface area contributed by atoms with Crippen molar-refractivity contribution in [3.8, 4) is 0 Å². The van der Waals surface area contributed by atoms with E-state index < -0.39 is 0 Å². The molecule has 0 amide bonds. The molecular weight excluding hydrogens is 74.5 g/mol. The van der Waals surface area contributed by atoms with Crippen LogP contribution in [0.2, 0.25) is 0 Å². The molecule has 6 heteroatoms. The summed E-state index contributed by atoms with van der Waals surface area (Å²) in [6.45, 7) is 0. The molecule has 3 nitrogen and oxygen atoms in total. The van der Waals surface area contributed by atoms with Gasteiger partial charge < -0.3 is 15.4 Å². The third-order valence-electron chi connectivity index (χ3n) is 2.00. The molecule has 0 aromatic rings. The molecule has 0 unspecified atom stereocenters. The molecule has 0 radical (unpaired) electrons. The van der Waals surface area contributed by atoms with Crippen molar-refractivity contribution >= 4 is 22.6 Å². The van der Waals surface area contributed by atoms with Crippen molar-refractivity contribution in [2.24, 2.45) is 0 Å². The number of nitrogens with two attached hydrogens (primary N) is 3. The van der Waals surface area contributed by atoms with Gasteiger partial charge in [0, 0.05) is 0 Å². The summed E-state index contributed by atoms with van der Waals surface area (Å²) >= 11 is 0. The average Bonchev–Trinajstić information content (AvgIpc) is 1.72. The van der Waals surface area contributed by atoms with Crippen LogP contribution in [0.15, 0.2) is 0 Å². The number of rotatable bonds is 0. The molecule has 0 saturated carbocycles. The fourth-order valence-electron chi connectivity index (χ4n) is 1.58. The molecular formula is H12B3N3. The quantitative estimate of drug-likeness (QED) is 0.246. The summed E-state index contributed by atoms with van der Waals surface area (Å²) in [5.74, 6) is 0. The first-order chi connectivity index (χ1) is 3.00. The summed E-state index contributed by atoms with van der Waals surface area (Å²) in [7, 11) is 1.31. The molecule has 1 aliphatic rings. The van der Waals surface area contributed by atoms with Crippen molar-refractivity contribution < 1.29 is 15.4 Å². The zero-order chi connectivity index (χ0) is 4.24. The number of hydrogen-bond donors (Lipinski definition) is 3. The maximum absolute atomic E-state index is 2.56. The predicted molar refractivity (Wildman–Crippen MR) is 31.4 cm³/mol. The molecule has 1 rings (SSSR count). The molecule has 0 atom stereocenters. The van der Waals surface area contributed by atoms with Crippen molar-refractivity contribution in [2.75, 3.05) is 0 Å². The fraction of sp³-hybridized carbons (Fsp3) is 0. The molecule has 6 heavy (non-hydrogen) atoms. The fourth-order valence-corrected chi connectivity index (χ4v) is 1.58. The third kappa shape index (κ3) is 1.04. The largest absolute Gasteiger partial charge is 0.647 e. The minimum Gasteiger partial charge on any atom is -0.647 e. The van der Waals surface area contributed by atoms with Gasteiger partial charge in [-0.2, -0.15) is 0 Å². The Morgan fingerprint density at radius 1 is 0.667 bits per heavy atom. The van der Waals surface area contributed by atoms with Crippen LogP contribution >= 0.6 is 0 Å². The standard InChI is InChI=1S/B3H12N3/c1-4-2-6-3-5-1/h1-6H2. The lowest BCUT2D eigenvalue weighted by atomic mass is 9.85. The van der Waals surface area contributed by atoms with Crippen molar-refractivity contribution in [1.82, 2.24) is 0 Å². The number of hydrogen-bond acceptors (Lipinski definition) is 0. The Balaban J connectivity index is 2.00. The minimum atomic E-state index is 0.438. The van der Waals surface area contributed by atoms with E-state index in [4.69, 9.17) is 0 Å². The lowest BCUT2D eigenvalue weighted by Gasteiger charge is -2.23. The van der Waals surface area contributed by atoms with Crippen LogP contribution in [0.5, 0.6) is 0 Å². The third-order valence-corrected chi connectivity index (χ3v) is 2.00. The van der Waals surface area contributed by atoms with Gasteiger partial charge in [0.2, 0.25) is 0 Å². The smallest absolute Gasteiger partial charge is 0.306 e. The molecule has 6 N–H and O–H groups in total. The first-order valence-corrected chi connectivity index (χ1v) is 3.46. The van der Waals surface area contributed by atoms with Gasteiger partial charge in [-0.05, 0) is 0 Å². The first kappa shape index (κ1) is 4.24. The van der Waals surface area contributed by atoms with E-state index >= 15 is 0 Å². The maximum Gasteiger partial charge on any atom is 0.306 e. The van der Waals surface area contributed by atoms with E-state index in [0.717, 1.165) is 0 Å². The Hall–Kier alpha value is 0.0748. The van der Waals surface area contributed by atoms with Crippen molar-refractivity contribution in [3.05, 3.63) is 0 Å². The van der Waals surface area contributed by atoms with Gasteiger partial charge in [0.25, 0.3) is 0 Å². The van der Waals surface area contributed by atoms with Gasteiger partial charge in [-0.3, -0.25) is 0 Å². The summed E-state index contributed by atoms with van der Waals surface area (Å²) < 4.78 is 0. The number of quaternary nitrogens is 3. The van der Waals surface area contributed by atoms with E-state index in [1.54, 1.807) is 0 Å². The monoisotopic (exact) mass is 87.1 g/mol. The highest BCUT2D eigenvalue weighted by Gasteiger charge is 1.89. The van der Waals surface area contributed by atoms with Gasteiger partial charge in [0.1, 0.15) is 0 Å². The second-order valence-electron chi connectivity index (χ2n) is 2.73. The van der Waals surface area contributed by atoms with E-state index in [9.17, 15) is 0 Å². The van der Waals surface area contributed by atoms with E-state index in [-0.39, 0.29) is 0 Å². The lowest BCUT2D eigenvalue weighted by Crippen LogP contribution is -3.31. The minimum absolute atomic E-state index is 0.438. The predicted octanol–water partition coefficient (Wildman–Crippen LogP) is -7.31. The second kappa shape index (κ2) is 2.28. The van der Waals surface area contributed by atoms with E-state index in [1.807, 2.05) is 0 Å². The Labute approximate surface area is 39.1 Å². The SMILES string of the molecule is [BH2-]1[NH2+][BH2-][NH2+][BH2-][NH2+]1. The van der Waals surface area contributed by atoms with Crippen LogP contribution in [-0.4, -0.2) is 22.6 Å². The van der Waals surface area contributed by atoms with Gasteiger partial charge >= 0.3 is 22.6 Å². The normalized spacial score (nSPS) is 24.0. The lowest BCUT2D eigenvalue weighted by molar-refractivity contribution is -0.625. The topological polar surface area (TPSA) is 49.8 Å². The van der Waals surface area contributed by atoms with Crippen LogP contribution in [0.1, 0.15) is 0 Å². The molecule has 1 aliphatic heterocycles. The zero-order valence-corrected chi connectivity index (χ0v) is 4.73. The highest BCUT2D eigenvalue weighted by Crippen LogP contribution is 0.986. The van der Waals surface area contributed by atoms with Gasteiger partial charge in [0.05, 0.1) is 0 Å². The van der Waals surface area contributed by atoms with Crippen molar-refractivity contribution in [2.45, 2.75) is 0 Å². The summed E-state index contributed by atoms with van der Waals surface area (Å²) in [4.78, 5) is 0. The van der Waals surface area contributed by atoms with E-state index in [2.05, 4.69) is 15.4 Å². The zero-order valence-electron chi connectivity index (χ0n) is 4.73. The van der Waals surface area contributed by atoms with Crippen LogP contribution in [0.4, 0.5) is 0 Å². The van der Waals surface area contributed by atoms with Crippen molar-refractivity contribution in [1.29, 1.82) is 0 Å².